The predicted octanol–water partition coefficient (Wildman–Crippen LogP) is 0.336. The fraction of sp³-hybridized carbons (Fsp3) is 0.273. The molecule has 2 aromatic rings. The molecule has 1 aromatic carbocycles. The number of nitrogens with one attached hydrogen (secondary N) is 3. The number of imide groups is 1. The molecule has 0 aliphatic carbocycles. The number of fused-ring (bicyclic) bond motifs is 1. The van der Waals surface area contributed by atoms with Gasteiger partial charge in [-0.3, -0.25) is 19.8 Å². The van der Waals surface area contributed by atoms with Crippen molar-refractivity contribution in [3.8, 4) is 17.6 Å². The van der Waals surface area contributed by atoms with Crippen LogP contribution in [0.15, 0.2) is 29.2 Å². The van der Waals surface area contributed by atoms with Crippen LogP contribution in [0.2, 0.25) is 0 Å². The zero-order valence-corrected chi connectivity index (χ0v) is 17.4. The van der Waals surface area contributed by atoms with Crippen molar-refractivity contribution >= 4 is 17.9 Å². The number of H-pyrrole nitrogens is 1. The zero-order chi connectivity index (χ0) is 23.0. The summed E-state index contributed by atoms with van der Waals surface area (Å²) in [5, 5.41) is 14.0. The number of pyridine rings is 1. The molecule has 0 radical (unpaired) electrons. The molecular formula is C22H20N4O6. The van der Waals surface area contributed by atoms with E-state index in [0.29, 0.717) is 18.8 Å². The van der Waals surface area contributed by atoms with E-state index >= 15 is 0 Å². The average Bonchev–Trinajstić information content (AvgIpc) is 3.26. The van der Waals surface area contributed by atoms with Crippen LogP contribution in [0, 0.1) is 18.8 Å². The number of aromatic carboxylic acids is 1. The van der Waals surface area contributed by atoms with E-state index in [1.165, 1.54) is 0 Å². The molecule has 4 N–H and O–H groups in total. The van der Waals surface area contributed by atoms with Crippen molar-refractivity contribution in [3.05, 3.63) is 62.6 Å². The van der Waals surface area contributed by atoms with Crippen molar-refractivity contribution in [2.24, 2.45) is 0 Å². The van der Waals surface area contributed by atoms with Gasteiger partial charge in [0.15, 0.2) is 5.54 Å². The summed E-state index contributed by atoms with van der Waals surface area (Å²) in [7, 11) is 1.58. The van der Waals surface area contributed by atoms with Gasteiger partial charge in [0.05, 0.1) is 12.7 Å². The summed E-state index contributed by atoms with van der Waals surface area (Å²) in [5.74, 6) is 4.09. The first-order valence-electron chi connectivity index (χ1n) is 9.73. The maximum absolute atomic E-state index is 12.7. The highest BCUT2D eigenvalue weighted by atomic mass is 16.5. The minimum absolute atomic E-state index is 0.0736. The summed E-state index contributed by atoms with van der Waals surface area (Å²) in [6, 6.07) is 5.03. The van der Waals surface area contributed by atoms with Gasteiger partial charge in [-0.25, -0.2) is 9.59 Å². The van der Waals surface area contributed by atoms with Gasteiger partial charge in [-0.05, 0) is 30.2 Å². The summed E-state index contributed by atoms with van der Waals surface area (Å²) in [6.07, 6.45) is 1.10. The minimum Gasteiger partial charge on any atom is -0.497 e. The molecule has 2 aliphatic heterocycles. The summed E-state index contributed by atoms with van der Waals surface area (Å²) < 4.78 is 5.26. The maximum Gasteiger partial charge on any atom is 0.341 e. The van der Waals surface area contributed by atoms with Crippen LogP contribution < -0.4 is 20.8 Å². The SMILES string of the molecule is COc1ccc2c(c1)CN(C[C@@]1(C#Cc3c(C)[nH]cc(C(=O)O)c3=O)NC(=O)NC1=O)C2. The lowest BCUT2D eigenvalue weighted by Gasteiger charge is -2.26. The third-order valence-electron chi connectivity index (χ3n) is 5.51. The number of hydrogen-bond donors (Lipinski definition) is 4. The molecule has 3 heterocycles. The van der Waals surface area contributed by atoms with E-state index in [2.05, 4.69) is 27.5 Å². The van der Waals surface area contributed by atoms with Crippen molar-refractivity contribution < 1.29 is 24.2 Å². The molecule has 0 saturated carbocycles. The van der Waals surface area contributed by atoms with Crippen LogP contribution in [0.3, 0.4) is 0 Å². The number of nitrogens with zero attached hydrogens (tertiary/aromatic N) is 1. The third-order valence-corrected chi connectivity index (χ3v) is 5.51. The van der Waals surface area contributed by atoms with Crippen molar-refractivity contribution in [2.75, 3.05) is 13.7 Å². The smallest absolute Gasteiger partial charge is 0.341 e. The first-order chi connectivity index (χ1) is 15.2. The molecule has 4 rings (SSSR count). The summed E-state index contributed by atoms with van der Waals surface area (Å²) in [6.45, 7) is 2.71. The van der Waals surface area contributed by atoms with Gasteiger partial charge in [0.1, 0.15) is 11.3 Å². The zero-order valence-electron chi connectivity index (χ0n) is 17.4. The van der Waals surface area contributed by atoms with Gasteiger partial charge in [0.2, 0.25) is 5.43 Å². The lowest BCUT2D eigenvalue weighted by molar-refractivity contribution is -0.122. The Labute approximate surface area is 182 Å². The van der Waals surface area contributed by atoms with E-state index in [9.17, 15) is 24.3 Å². The Morgan fingerprint density at radius 2 is 2.00 bits per heavy atom. The number of hydrogen-bond acceptors (Lipinski definition) is 6. The Morgan fingerprint density at radius 1 is 1.25 bits per heavy atom. The molecule has 2 aliphatic rings. The first kappa shape index (κ1) is 21.1. The highest BCUT2D eigenvalue weighted by molar-refractivity contribution is 6.09. The fourth-order valence-electron chi connectivity index (χ4n) is 3.85. The van der Waals surface area contributed by atoms with E-state index in [1.807, 2.05) is 23.1 Å². The van der Waals surface area contributed by atoms with Gasteiger partial charge in [-0.15, -0.1) is 0 Å². The Bertz CT molecular complexity index is 1270. The minimum atomic E-state index is -1.60. The number of aryl methyl sites for hydroxylation is 1. The second-order valence-corrected chi connectivity index (χ2v) is 7.68. The topological polar surface area (TPSA) is 141 Å². The number of amides is 3. The van der Waals surface area contributed by atoms with Gasteiger partial charge >= 0.3 is 12.0 Å². The van der Waals surface area contributed by atoms with E-state index < -0.39 is 34.4 Å². The molecule has 3 amide bonds. The summed E-state index contributed by atoms with van der Waals surface area (Å²) in [4.78, 5) is 53.1. The maximum atomic E-state index is 12.7. The molecule has 10 nitrogen and oxygen atoms in total. The van der Waals surface area contributed by atoms with Crippen molar-refractivity contribution in [1.29, 1.82) is 0 Å². The Balaban J connectivity index is 1.68. The predicted molar refractivity (Wildman–Crippen MR) is 112 cm³/mol. The molecule has 0 spiro atoms. The van der Waals surface area contributed by atoms with Crippen molar-refractivity contribution in [1.82, 2.24) is 20.5 Å². The third kappa shape index (κ3) is 3.70. The second-order valence-electron chi connectivity index (χ2n) is 7.68. The molecule has 32 heavy (non-hydrogen) atoms. The monoisotopic (exact) mass is 436 g/mol. The molecule has 164 valence electrons. The molecule has 10 heteroatoms. The van der Waals surface area contributed by atoms with Crippen molar-refractivity contribution in [3.63, 3.8) is 0 Å². The van der Waals surface area contributed by atoms with E-state index in [-0.39, 0.29) is 12.1 Å². The molecule has 1 fully saturated rings. The number of ether oxygens (including phenoxy) is 1. The molecule has 1 saturated heterocycles. The first-order valence-corrected chi connectivity index (χ1v) is 9.73. The van der Waals surface area contributed by atoms with Gasteiger partial charge in [0, 0.05) is 31.5 Å². The normalized spacial score (nSPS) is 19.6. The van der Waals surface area contributed by atoms with Gasteiger partial charge in [-0.2, -0.15) is 0 Å². The molecule has 0 bridgehead atoms. The van der Waals surface area contributed by atoms with Gasteiger partial charge in [0.25, 0.3) is 5.91 Å². The van der Waals surface area contributed by atoms with E-state index in [0.717, 1.165) is 23.1 Å². The highest BCUT2D eigenvalue weighted by Gasteiger charge is 2.47. The van der Waals surface area contributed by atoms with Gasteiger partial charge < -0.3 is 20.1 Å². The van der Waals surface area contributed by atoms with Crippen molar-refractivity contribution in [2.45, 2.75) is 25.6 Å². The van der Waals surface area contributed by atoms with Crippen LogP contribution in [0.1, 0.15) is 32.7 Å². The summed E-state index contributed by atoms with van der Waals surface area (Å²) >= 11 is 0. The number of methoxy groups -OCH3 is 1. The Kier molecular flexibility index (Phi) is 5.20. The summed E-state index contributed by atoms with van der Waals surface area (Å²) in [5.41, 5.74) is -0.430. The molecule has 1 atom stereocenters. The molecular weight excluding hydrogens is 416 g/mol. The quantitative estimate of drug-likeness (QED) is 0.400. The number of urea groups is 1. The lowest BCUT2D eigenvalue weighted by atomic mass is 9.98. The number of carbonyl (C=O) groups is 3. The largest absolute Gasteiger partial charge is 0.497 e. The number of carboxylic acid groups (broad SMARTS) is 1. The van der Waals surface area contributed by atoms with Crippen LogP contribution in [-0.2, 0) is 17.9 Å². The number of benzene rings is 1. The average molecular weight is 436 g/mol. The number of rotatable bonds is 4. The number of carbonyl (C=O) groups excluding carboxylic acids is 2. The second kappa shape index (κ2) is 7.86. The lowest BCUT2D eigenvalue weighted by Crippen LogP contribution is -2.53. The standard InChI is InChI=1S/C22H20N4O6/c1-12-16(18(27)17(8-23-12)19(28)29)5-6-22(20(30)24-21(31)25-22)11-26-9-13-3-4-15(32-2)7-14(13)10-26/h3-4,7-8H,9-11H2,1-2H3,(H,23,27)(H,28,29)(H2,24,25,30,31)/t22-/m1/s1. The number of carboxylic acids is 1. The number of aromatic nitrogens is 1. The molecule has 0 unspecified atom stereocenters. The van der Waals surface area contributed by atoms with Crippen LogP contribution in [0.4, 0.5) is 4.79 Å². The number of aromatic amines is 1. The Morgan fingerprint density at radius 3 is 2.66 bits per heavy atom. The molecule has 1 aromatic heterocycles. The van der Waals surface area contributed by atoms with E-state index in [1.54, 1.807) is 14.0 Å². The van der Waals surface area contributed by atoms with Crippen LogP contribution in [-0.4, -0.2) is 52.1 Å². The van der Waals surface area contributed by atoms with E-state index in [4.69, 9.17) is 4.74 Å². The fourth-order valence-corrected chi connectivity index (χ4v) is 3.85. The Hall–Kier alpha value is -4.10. The highest BCUT2D eigenvalue weighted by Crippen LogP contribution is 2.28. The van der Waals surface area contributed by atoms with Crippen LogP contribution in [0.25, 0.3) is 0 Å². The van der Waals surface area contributed by atoms with Crippen LogP contribution in [0.5, 0.6) is 5.75 Å². The van der Waals surface area contributed by atoms with Gasteiger partial charge in [-0.1, -0.05) is 17.9 Å². The van der Waals surface area contributed by atoms with Crippen LogP contribution >= 0.6 is 0 Å².